The molecule has 0 fully saturated rings. The van der Waals surface area contributed by atoms with Crippen molar-refractivity contribution < 1.29 is 13.2 Å². The largest absolute Gasteiger partial charge is 0.497 e. The van der Waals surface area contributed by atoms with Crippen LogP contribution in [0.25, 0.3) is 0 Å². The zero-order valence-electron chi connectivity index (χ0n) is 10.6. The van der Waals surface area contributed by atoms with Crippen LogP contribution in [0.3, 0.4) is 0 Å². The highest BCUT2D eigenvalue weighted by atomic mass is 79.9. The summed E-state index contributed by atoms with van der Waals surface area (Å²) in [5.41, 5.74) is 6.42. The first-order valence-electron chi connectivity index (χ1n) is 5.64. The zero-order chi connectivity index (χ0) is 14.8. The van der Waals surface area contributed by atoms with Crippen LogP contribution in [-0.4, -0.2) is 15.5 Å². The molecule has 5 nitrogen and oxygen atoms in total. The normalized spacial score (nSPS) is 11.1. The summed E-state index contributed by atoms with van der Waals surface area (Å²) in [7, 11) is -2.21. The third kappa shape index (κ3) is 3.23. The van der Waals surface area contributed by atoms with E-state index in [2.05, 4.69) is 20.7 Å². The molecule has 2 aromatic carbocycles. The van der Waals surface area contributed by atoms with Gasteiger partial charge in [0.15, 0.2) is 0 Å². The van der Waals surface area contributed by atoms with Crippen molar-refractivity contribution in [2.75, 3.05) is 17.6 Å². The predicted molar refractivity (Wildman–Crippen MR) is 82.4 cm³/mol. The number of hydrogen-bond acceptors (Lipinski definition) is 4. The maximum absolute atomic E-state index is 12.3. The summed E-state index contributed by atoms with van der Waals surface area (Å²) < 4.78 is 32.7. The highest BCUT2D eigenvalue weighted by molar-refractivity contribution is 9.10. The minimum Gasteiger partial charge on any atom is -0.497 e. The van der Waals surface area contributed by atoms with Gasteiger partial charge in [0.2, 0.25) is 0 Å². The molecule has 0 heterocycles. The molecular weight excluding hydrogens is 344 g/mol. The molecule has 0 amide bonds. The molecule has 0 atom stereocenters. The van der Waals surface area contributed by atoms with Crippen LogP contribution in [0.4, 0.5) is 11.4 Å². The molecule has 0 radical (unpaired) electrons. The molecule has 0 aliphatic rings. The lowest BCUT2D eigenvalue weighted by Gasteiger charge is -2.11. The number of nitrogens with one attached hydrogen (secondary N) is 1. The van der Waals surface area contributed by atoms with E-state index >= 15 is 0 Å². The van der Waals surface area contributed by atoms with Crippen LogP contribution in [0.2, 0.25) is 0 Å². The third-order valence-electron chi connectivity index (χ3n) is 2.57. The number of methoxy groups -OCH3 is 1. The molecule has 2 rings (SSSR count). The van der Waals surface area contributed by atoms with E-state index in [0.29, 0.717) is 21.6 Å². The lowest BCUT2D eigenvalue weighted by atomic mass is 10.3. The Kier molecular flexibility index (Phi) is 4.20. The Morgan fingerprint density at radius 1 is 1.20 bits per heavy atom. The van der Waals surface area contributed by atoms with Crippen molar-refractivity contribution in [1.82, 2.24) is 0 Å². The van der Waals surface area contributed by atoms with Gasteiger partial charge in [0.1, 0.15) is 10.6 Å². The average molecular weight is 357 g/mol. The Hall–Kier alpha value is -1.73. The molecule has 0 saturated heterocycles. The molecule has 0 aromatic heterocycles. The molecule has 3 N–H and O–H groups in total. The monoisotopic (exact) mass is 356 g/mol. The number of ether oxygens (including phenoxy) is 1. The SMILES string of the molecule is COc1cccc(NS(=O)(=O)c2cc(N)ccc2Br)c1. The maximum Gasteiger partial charge on any atom is 0.263 e. The first kappa shape index (κ1) is 14.7. The van der Waals surface area contributed by atoms with Gasteiger partial charge in [0, 0.05) is 16.2 Å². The van der Waals surface area contributed by atoms with Crippen molar-refractivity contribution in [2.24, 2.45) is 0 Å². The van der Waals surface area contributed by atoms with E-state index in [-0.39, 0.29) is 4.90 Å². The molecule has 106 valence electrons. The van der Waals surface area contributed by atoms with Gasteiger partial charge in [-0.2, -0.15) is 0 Å². The molecule has 7 heteroatoms. The number of sulfonamides is 1. The first-order valence-corrected chi connectivity index (χ1v) is 7.92. The van der Waals surface area contributed by atoms with Gasteiger partial charge >= 0.3 is 0 Å². The molecule has 0 aliphatic heterocycles. The minimum absolute atomic E-state index is 0.0836. The second-order valence-corrected chi connectivity index (χ2v) is 6.53. The van der Waals surface area contributed by atoms with Gasteiger partial charge in [-0.3, -0.25) is 4.72 Å². The summed E-state index contributed by atoms with van der Waals surface area (Å²) in [6.45, 7) is 0. The van der Waals surface area contributed by atoms with Crippen molar-refractivity contribution in [3.8, 4) is 5.75 Å². The van der Waals surface area contributed by atoms with Crippen LogP contribution >= 0.6 is 15.9 Å². The summed E-state index contributed by atoms with van der Waals surface area (Å²) in [6, 6.07) is 11.3. The summed E-state index contributed by atoms with van der Waals surface area (Å²) >= 11 is 3.21. The van der Waals surface area contributed by atoms with Gasteiger partial charge in [-0.15, -0.1) is 0 Å². The van der Waals surface area contributed by atoms with Gasteiger partial charge in [-0.05, 0) is 46.3 Å². The van der Waals surface area contributed by atoms with Gasteiger partial charge in [0.05, 0.1) is 12.8 Å². The zero-order valence-corrected chi connectivity index (χ0v) is 13.0. The number of anilines is 2. The van der Waals surface area contributed by atoms with Crippen molar-refractivity contribution in [1.29, 1.82) is 0 Å². The van der Waals surface area contributed by atoms with Crippen molar-refractivity contribution in [2.45, 2.75) is 4.90 Å². The quantitative estimate of drug-likeness (QED) is 0.825. The van der Waals surface area contributed by atoms with Gasteiger partial charge in [-0.1, -0.05) is 6.07 Å². The molecule has 0 spiro atoms. The second kappa shape index (κ2) is 5.72. The fraction of sp³-hybridized carbons (Fsp3) is 0.0769. The Morgan fingerprint density at radius 2 is 1.95 bits per heavy atom. The molecule has 2 aromatic rings. The summed E-state index contributed by atoms with van der Waals surface area (Å²) in [5, 5.41) is 0. The summed E-state index contributed by atoms with van der Waals surface area (Å²) in [6.07, 6.45) is 0. The molecule has 0 aliphatic carbocycles. The molecule has 0 saturated carbocycles. The predicted octanol–water partition coefficient (Wildman–Crippen LogP) is 2.84. The summed E-state index contributed by atoms with van der Waals surface area (Å²) in [5.74, 6) is 0.567. The second-order valence-electron chi connectivity index (χ2n) is 4.03. The van der Waals surface area contributed by atoms with E-state index in [1.165, 1.54) is 13.2 Å². The number of halogens is 1. The van der Waals surface area contributed by atoms with Crippen LogP contribution in [0.15, 0.2) is 51.8 Å². The van der Waals surface area contributed by atoms with Crippen LogP contribution in [0, 0.1) is 0 Å². The highest BCUT2D eigenvalue weighted by Crippen LogP contribution is 2.27. The van der Waals surface area contributed by atoms with E-state index in [4.69, 9.17) is 10.5 Å². The minimum atomic E-state index is -3.72. The third-order valence-corrected chi connectivity index (χ3v) is 4.94. The first-order chi connectivity index (χ1) is 9.42. The van der Waals surface area contributed by atoms with Gasteiger partial charge < -0.3 is 10.5 Å². The van der Waals surface area contributed by atoms with Gasteiger partial charge in [0.25, 0.3) is 10.0 Å². The number of hydrogen-bond donors (Lipinski definition) is 2. The molecular formula is C13H13BrN2O3S. The van der Waals surface area contributed by atoms with Crippen LogP contribution in [0.1, 0.15) is 0 Å². The molecule has 0 unspecified atom stereocenters. The van der Waals surface area contributed by atoms with Crippen LogP contribution in [-0.2, 0) is 10.0 Å². The van der Waals surface area contributed by atoms with Crippen molar-refractivity contribution in [3.63, 3.8) is 0 Å². The van der Waals surface area contributed by atoms with Crippen molar-refractivity contribution >= 4 is 37.3 Å². The van der Waals surface area contributed by atoms with E-state index in [1.54, 1.807) is 36.4 Å². The Labute approximate surface area is 125 Å². The van der Waals surface area contributed by atoms with Crippen LogP contribution < -0.4 is 15.2 Å². The van der Waals surface area contributed by atoms with Gasteiger partial charge in [-0.25, -0.2) is 8.42 Å². The van der Waals surface area contributed by atoms with Crippen molar-refractivity contribution in [3.05, 3.63) is 46.9 Å². The number of benzene rings is 2. The fourth-order valence-corrected chi connectivity index (χ4v) is 3.67. The standard InChI is InChI=1S/C13H13BrN2O3S/c1-19-11-4-2-3-10(8-11)16-20(17,18)13-7-9(15)5-6-12(13)14/h2-8,16H,15H2,1H3. The number of nitrogens with two attached hydrogens (primary N) is 1. The number of nitrogen functional groups attached to an aromatic ring is 1. The Morgan fingerprint density at radius 3 is 2.65 bits per heavy atom. The lowest BCUT2D eigenvalue weighted by Crippen LogP contribution is -2.14. The van der Waals surface area contributed by atoms with Crippen LogP contribution in [0.5, 0.6) is 5.75 Å². The van der Waals surface area contributed by atoms with E-state index in [9.17, 15) is 8.42 Å². The van der Waals surface area contributed by atoms with E-state index in [1.807, 2.05) is 0 Å². The Balaban J connectivity index is 2.38. The Bertz CT molecular complexity index is 732. The van der Waals surface area contributed by atoms with E-state index in [0.717, 1.165) is 0 Å². The topological polar surface area (TPSA) is 81.4 Å². The van der Waals surface area contributed by atoms with E-state index < -0.39 is 10.0 Å². The lowest BCUT2D eigenvalue weighted by molar-refractivity contribution is 0.415. The molecule has 20 heavy (non-hydrogen) atoms. The smallest absolute Gasteiger partial charge is 0.263 e. The number of rotatable bonds is 4. The maximum atomic E-state index is 12.3. The molecule has 0 bridgehead atoms. The summed E-state index contributed by atoms with van der Waals surface area (Å²) in [4.78, 5) is 0.0836. The average Bonchev–Trinajstić information content (AvgIpc) is 2.41. The fourth-order valence-electron chi connectivity index (χ4n) is 1.62. The highest BCUT2D eigenvalue weighted by Gasteiger charge is 2.18.